The largest absolute Gasteiger partial charge is 0.502 e. The lowest BCUT2D eigenvalue weighted by Crippen LogP contribution is -2.11. The Hall–Kier alpha value is -3.14. The van der Waals surface area contributed by atoms with Crippen molar-refractivity contribution < 1.29 is 10.0 Å². The van der Waals surface area contributed by atoms with Crippen LogP contribution in [0.2, 0.25) is 0 Å². The zero-order valence-electron chi connectivity index (χ0n) is 10.4. The average Bonchev–Trinajstić information content (AvgIpc) is 2.39. The summed E-state index contributed by atoms with van der Waals surface area (Å²) in [5.41, 5.74) is 0.368. The van der Waals surface area contributed by atoms with Gasteiger partial charge in [0.05, 0.1) is 4.92 Å². The molecule has 1 aromatic carbocycles. The number of hydrogen-bond donors (Lipinski definition) is 2. The molecule has 0 aliphatic carbocycles. The van der Waals surface area contributed by atoms with Gasteiger partial charge >= 0.3 is 5.69 Å². The van der Waals surface area contributed by atoms with Gasteiger partial charge in [0.15, 0.2) is 5.75 Å². The molecule has 0 aliphatic rings. The van der Waals surface area contributed by atoms with Gasteiger partial charge in [0, 0.05) is 17.3 Å². The molecule has 0 aliphatic heterocycles. The maximum absolute atomic E-state index is 11.5. The van der Waals surface area contributed by atoms with E-state index in [-0.39, 0.29) is 5.56 Å². The van der Waals surface area contributed by atoms with Crippen LogP contribution in [0, 0.1) is 28.4 Å². The van der Waals surface area contributed by atoms with E-state index in [0.29, 0.717) is 16.8 Å². The molecule has 7 heteroatoms. The highest BCUT2D eigenvalue weighted by molar-refractivity contribution is 5.71. The molecular formula is C13H9N3O4. The van der Waals surface area contributed by atoms with Crippen molar-refractivity contribution in [1.29, 1.82) is 5.26 Å². The minimum Gasteiger partial charge on any atom is -0.502 e. The fraction of sp³-hybridized carbons (Fsp3) is 0.0769. The van der Waals surface area contributed by atoms with Crippen LogP contribution in [0.5, 0.6) is 5.75 Å². The second kappa shape index (κ2) is 4.85. The summed E-state index contributed by atoms with van der Waals surface area (Å²) in [5.74, 6) is -0.443. The normalized spacial score (nSPS) is 10.0. The van der Waals surface area contributed by atoms with Crippen LogP contribution in [0.1, 0.15) is 11.3 Å². The van der Waals surface area contributed by atoms with E-state index in [9.17, 15) is 20.0 Å². The van der Waals surface area contributed by atoms with E-state index in [0.717, 1.165) is 0 Å². The van der Waals surface area contributed by atoms with Crippen molar-refractivity contribution >= 4 is 5.69 Å². The Kier molecular flexibility index (Phi) is 3.23. The summed E-state index contributed by atoms with van der Waals surface area (Å²) in [7, 11) is 0. The van der Waals surface area contributed by atoms with E-state index in [4.69, 9.17) is 5.26 Å². The van der Waals surface area contributed by atoms with Crippen LogP contribution in [0.25, 0.3) is 11.1 Å². The number of rotatable bonds is 2. The maximum Gasteiger partial charge on any atom is 0.311 e. The molecule has 0 radical (unpaired) electrons. The highest BCUT2D eigenvalue weighted by Gasteiger charge is 2.16. The lowest BCUT2D eigenvalue weighted by Gasteiger charge is -2.06. The number of H-pyrrole nitrogens is 1. The predicted octanol–water partition coefficient (Wildman–Crippen LogP) is 1.84. The number of nitriles is 1. The third-order valence-electron chi connectivity index (χ3n) is 2.84. The Labute approximate surface area is 112 Å². The molecule has 0 bridgehead atoms. The van der Waals surface area contributed by atoms with Gasteiger partial charge < -0.3 is 10.1 Å². The van der Waals surface area contributed by atoms with Gasteiger partial charge in [0.1, 0.15) is 11.6 Å². The lowest BCUT2D eigenvalue weighted by atomic mass is 10.0. The first-order chi connectivity index (χ1) is 9.43. The molecule has 1 aromatic heterocycles. The number of phenolic OH excluding ortho intramolecular Hbond substituents is 1. The SMILES string of the molecule is Cc1[nH]c(=O)c(C#N)cc1-c1ccc(O)c([N+](=O)[O-])c1. The minimum absolute atomic E-state index is 0.0821. The summed E-state index contributed by atoms with van der Waals surface area (Å²) in [6.45, 7) is 1.62. The van der Waals surface area contributed by atoms with E-state index < -0.39 is 21.9 Å². The molecule has 2 rings (SSSR count). The molecule has 0 atom stereocenters. The van der Waals surface area contributed by atoms with Gasteiger partial charge in [-0.05, 0) is 24.6 Å². The number of aromatic amines is 1. The van der Waals surface area contributed by atoms with Crippen LogP contribution in [0.4, 0.5) is 5.69 Å². The number of aromatic hydroxyl groups is 1. The van der Waals surface area contributed by atoms with Crippen molar-refractivity contribution in [2.45, 2.75) is 6.92 Å². The van der Waals surface area contributed by atoms with Crippen LogP contribution in [-0.4, -0.2) is 15.0 Å². The van der Waals surface area contributed by atoms with Crippen molar-refractivity contribution in [1.82, 2.24) is 4.98 Å². The number of aromatic nitrogens is 1. The van der Waals surface area contributed by atoms with E-state index in [2.05, 4.69) is 4.98 Å². The summed E-state index contributed by atoms with van der Waals surface area (Å²) in [6.07, 6.45) is 0. The van der Waals surface area contributed by atoms with Crippen LogP contribution >= 0.6 is 0 Å². The number of hydrogen-bond acceptors (Lipinski definition) is 5. The predicted molar refractivity (Wildman–Crippen MR) is 70.3 cm³/mol. The number of benzene rings is 1. The third kappa shape index (κ3) is 2.22. The zero-order valence-corrected chi connectivity index (χ0v) is 10.4. The lowest BCUT2D eigenvalue weighted by molar-refractivity contribution is -0.385. The number of phenols is 1. The quantitative estimate of drug-likeness (QED) is 0.637. The molecule has 1 heterocycles. The van der Waals surface area contributed by atoms with Gasteiger partial charge in [0.25, 0.3) is 5.56 Å². The van der Waals surface area contributed by atoms with Gasteiger partial charge in [-0.1, -0.05) is 6.07 Å². The summed E-state index contributed by atoms with van der Waals surface area (Å²) < 4.78 is 0. The second-order valence-corrected chi connectivity index (χ2v) is 4.12. The molecule has 0 unspecified atom stereocenters. The molecule has 20 heavy (non-hydrogen) atoms. The smallest absolute Gasteiger partial charge is 0.311 e. The Balaban J connectivity index is 2.69. The molecular weight excluding hydrogens is 262 g/mol. The molecule has 100 valence electrons. The molecule has 0 saturated carbocycles. The molecule has 7 nitrogen and oxygen atoms in total. The standard InChI is InChI=1S/C13H9N3O4/c1-7-10(4-9(6-14)13(18)15-7)8-2-3-12(17)11(5-8)16(19)20/h2-5,17H,1H3,(H,15,18). The number of aryl methyl sites for hydroxylation is 1. The summed E-state index contributed by atoms with van der Waals surface area (Å²) in [5, 5.41) is 29.1. The topological polar surface area (TPSA) is 120 Å². The Morgan fingerprint density at radius 3 is 2.70 bits per heavy atom. The average molecular weight is 271 g/mol. The van der Waals surface area contributed by atoms with Gasteiger partial charge in [-0.25, -0.2) is 0 Å². The van der Waals surface area contributed by atoms with E-state index in [1.807, 2.05) is 0 Å². The highest BCUT2D eigenvalue weighted by Crippen LogP contribution is 2.32. The Morgan fingerprint density at radius 1 is 1.40 bits per heavy atom. The van der Waals surface area contributed by atoms with Gasteiger partial charge in [-0.15, -0.1) is 0 Å². The fourth-order valence-corrected chi connectivity index (χ4v) is 1.84. The summed E-state index contributed by atoms with van der Waals surface area (Å²) in [6, 6.07) is 6.99. The van der Waals surface area contributed by atoms with Gasteiger partial charge in [-0.2, -0.15) is 5.26 Å². The van der Waals surface area contributed by atoms with Crippen molar-refractivity contribution in [3.63, 3.8) is 0 Å². The second-order valence-electron chi connectivity index (χ2n) is 4.12. The molecule has 0 fully saturated rings. The molecule has 0 saturated heterocycles. The first-order valence-electron chi connectivity index (χ1n) is 5.56. The van der Waals surface area contributed by atoms with E-state index in [1.165, 1.54) is 24.3 Å². The van der Waals surface area contributed by atoms with Gasteiger partial charge in [-0.3, -0.25) is 14.9 Å². The highest BCUT2D eigenvalue weighted by atomic mass is 16.6. The van der Waals surface area contributed by atoms with E-state index >= 15 is 0 Å². The van der Waals surface area contributed by atoms with E-state index in [1.54, 1.807) is 13.0 Å². The van der Waals surface area contributed by atoms with Crippen molar-refractivity contribution in [3.8, 4) is 22.9 Å². The number of nitro benzene ring substituents is 1. The number of pyridine rings is 1. The fourth-order valence-electron chi connectivity index (χ4n) is 1.84. The number of nitro groups is 1. The molecule has 2 aromatic rings. The van der Waals surface area contributed by atoms with Crippen LogP contribution in [-0.2, 0) is 0 Å². The third-order valence-corrected chi connectivity index (χ3v) is 2.84. The van der Waals surface area contributed by atoms with Crippen molar-refractivity contribution in [2.24, 2.45) is 0 Å². The summed E-state index contributed by atoms with van der Waals surface area (Å²) in [4.78, 5) is 24.1. The zero-order chi connectivity index (χ0) is 14.9. The van der Waals surface area contributed by atoms with Crippen molar-refractivity contribution in [2.75, 3.05) is 0 Å². The molecule has 2 N–H and O–H groups in total. The molecule has 0 spiro atoms. The minimum atomic E-state index is -0.703. The first kappa shape index (κ1) is 13.3. The van der Waals surface area contributed by atoms with Crippen LogP contribution in [0.3, 0.4) is 0 Å². The molecule has 0 amide bonds. The number of nitrogens with zero attached hydrogens (tertiary/aromatic N) is 2. The maximum atomic E-state index is 11.5. The number of nitrogens with one attached hydrogen (secondary N) is 1. The Bertz CT molecular complexity index is 802. The summed E-state index contributed by atoms with van der Waals surface area (Å²) >= 11 is 0. The monoisotopic (exact) mass is 271 g/mol. The van der Waals surface area contributed by atoms with Crippen LogP contribution < -0.4 is 5.56 Å². The van der Waals surface area contributed by atoms with Gasteiger partial charge in [0.2, 0.25) is 0 Å². The van der Waals surface area contributed by atoms with Crippen LogP contribution in [0.15, 0.2) is 29.1 Å². The first-order valence-corrected chi connectivity index (χ1v) is 5.56. The Morgan fingerprint density at radius 2 is 2.10 bits per heavy atom. The van der Waals surface area contributed by atoms with Crippen molar-refractivity contribution in [3.05, 3.63) is 56.0 Å².